The van der Waals surface area contributed by atoms with Crippen molar-refractivity contribution in [1.29, 1.82) is 0 Å². The second-order valence-corrected chi connectivity index (χ2v) is 6.25. The lowest BCUT2D eigenvalue weighted by atomic mass is 10.0. The minimum absolute atomic E-state index is 0.245. The van der Waals surface area contributed by atoms with E-state index in [1.807, 2.05) is 6.07 Å². The Kier molecular flexibility index (Phi) is 4.65. The van der Waals surface area contributed by atoms with Crippen LogP contribution in [0.25, 0.3) is 0 Å². The molecular formula is C17H19N3OS. The topological polar surface area (TPSA) is 51.0 Å². The molecule has 0 bridgehead atoms. The Hall–Kier alpha value is -1.98. The lowest BCUT2D eigenvalue weighted by Crippen LogP contribution is -2.23. The van der Waals surface area contributed by atoms with E-state index < -0.39 is 0 Å². The lowest BCUT2D eigenvalue weighted by Gasteiger charge is -2.18. The minimum atomic E-state index is 0.245. The molecule has 1 aromatic carbocycles. The van der Waals surface area contributed by atoms with E-state index in [9.17, 15) is 0 Å². The van der Waals surface area contributed by atoms with Gasteiger partial charge in [0.1, 0.15) is 0 Å². The van der Waals surface area contributed by atoms with Crippen LogP contribution in [0.4, 0.5) is 0 Å². The average molecular weight is 313 g/mol. The summed E-state index contributed by atoms with van der Waals surface area (Å²) in [4.78, 5) is 1.36. The van der Waals surface area contributed by atoms with E-state index in [0.29, 0.717) is 18.3 Å². The van der Waals surface area contributed by atoms with Crippen LogP contribution in [-0.2, 0) is 13.0 Å². The molecule has 0 unspecified atom stereocenters. The highest BCUT2D eigenvalue weighted by Crippen LogP contribution is 2.27. The maximum Gasteiger partial charge on any atom is 0.230 e. The van der Waals surface area contributed by atoms with Crippen molar-refractivity contribution < 1.29 is 4.42 Å². The first-order chi connectivity index (χ1) is 10.7. The van der Waals surface area contributed by atoms with Crippen LogP contribution in [0.15, 0.2) is 46.2 Å². The van der Waals surface area contributed by atoms with E-state index in [1.165, 1.54) is 16.0 Å². The number of rotatable bonds is 6. The Morgan fingerprint density at radius 2 is 1.95 bits per heavy atom. The zero-order valence-corrected chi connectivity index (χ0v) is 13.6. The van der Waals surface area contributed by atoms with Crippen molar-refractivity contribution in [3.63, 3.8) is 0 Å². The van der Waals surface area contributed by atoms with E-state index in [-0.39, 0.29) is 6.04 Å². The fraction of sp³-hybridized carbons (Fsp3) is 0.294. The molecule has 5 heteroatoms. The summed E-state index contributed by atoms with van der Waals surface area (Å²) >= 11 is 1.79. The van der Waals surface area contributed by atoms with Crippen molar-refractivity contribution in [2.24, 2.45) is 0 Å². The van der Waals surface area contributed by atoms with Crippen LogP contribution >= 0.6 is 11.3 Å². The first-order valence-corrected chi connectivity index (χ1v) is 8.20. The van der Waals surface area contributed by atoms with Crippen molar-refractivity contribution in [3.8, 4) is 0 Å². The van der Waals surface area contributed by atoms with E-state index in [1.54, 1.807) is 18.3 Å². The van der Waals surface area contributed by atoms with Crippen molar-refractivity contribution in [2.45, 2.75) is 32.9 Å². The van der Waals surface area contributed by atoms with Crippen LogP contribution in [-0.4, -0.2) is 10.2 Å². The van der Waals surface area contributed by atoms with Crippen LogP contribution in [0, 0.1) is 13.8 Å². The Bertz CT molecular complexity index is 720. The molecule has 0 radical (unpaired) electrons. The number of nitrogens with zero attached hydrogens (tertiary/aromatic N) is 2. The fourth-order valence-corrected chi connectivity index (χ4v) is 3.47. The molecule has 0 saturated heterocycles. The quantitative estimate of drug-likeness (QED) is 0.751. The summed E-state index contributed by atoms with van der Waals surface area (Å²) in [7, 11) is 0. The summed E-state index contributed by atoms with van der Waals surface area (Å²) < 4.78 is 5.45. The predicted octanol–water partition coefficient (Wildman–Crippen LogP) is 3.82. The standard InChI is InChI=1S/C17H19N3OS/c1-12-8-9-22-17(12)15(10-14-6-4-3-5-7-14)18-11-16-20-19-13(2)21-16/h3-9,15,18H,10-11H2,1-2H3/t15-/m1/s1. The van der Waals surface area contributed by atoms with E-state index in [4.69, 9.17) is 4.42 Å². The van der Waals surface area contributed by atoms with Crippen LogP contribution in [0.2, 0.25) is 0 Å². The van der Waals surface area contributed by atoms with E-state index in [0.717, 1.165) is 6.42 Å². The Morgan fingerprint density at radius 3 is 2.59 bits per heavy atom. The molecule has 22 heavy (non-hydrogen) atoms. The van der Waals surface area contributed by atoms with Gasteiger partial charge in [-0.1, -0.05) is 30.3 Å². The molecule has 0 amide bonds. The molecule has 0 aliphatic heterocycles. The van der Waals surface area contributed by atoms with Gasteiger partial charge in [0, 0.05) is 17.8 Å². The third kappa shape index (κ3) is 3.61. The number of hydrogen-bond donors (Lipinski definition) is 1. The van der Waals surface area contributed by atoms with E-state index in [2.05, 4.69) is 58.1 Å². The molecule has 0 aliphatic rings. The second-order valence-electron chi connectivity index (χ2n) is 5.31. The van der Waals surface area contributed by atoms with Gasteiger partial charge in [-0.05, 0) is 35.9 Å². The smallest absolute Gasteiger partial charge is 0.230 e. The highest BCUT2D eigenvalue weighted by molar-refractivity contribution is 7.10. The number of aromatic nitrogens is 2. The van der Waals surface area contributed by atoms with Gasteiger partial charge in [0.2, 0.25) is 11.8 Å². The van der Waals surface area contributed by atoms with Crippen molar-refractivity contribution in [1.82, 2.24) is 15.5 Å². The molecule has 2 heterocycles. The predicted molar refractivity (Wildman–Crippen MR) is 87.8 cm³/mol. The van der Waals surface area contributed by atoms with Gasteiger partial charge in [-0.3, -0.25) is 0 Å². The van der Waals surface area contributed by atoms with Gasteiger partial charge in [-0.25, -0.2) is 0 Å². The molecule has 3 rings (SSSR count). The Labute approximate surface area is 134 Å². The van der Waals surface area contributed by atoms with Crippen LogP contribution in [0.5, 0.6) is 0 Å². The van der Waals surface area contributed by atoms with Gasteiger partial charge in [-0.15, -0.1) is 21.5 Å². The average Bonchev–Trinajstić information content (AvgIpc) is 3.13. The fourth-order valence-electron chi connectivity index (χ4n) is 2.47. The number of benzene rings is 1. The highest BCUT2D eigenvalue weighted by atomic mass is 32.1. The van der Waals surface area contributed by atoms with Gasteiger partial charge in [-0.2, -0.15) is 0 Å². The molecule has 0 saturated carbocycles. The summed E-state index contributed by atoms with van der Waals surface area (Å²) in [5, 5.41) is 13.6. The number of nitrogens with one attached hydrogen (secondary N) is 1. The van der Waals surface area contributed by atoms with Crippen LogP contribution in [0.3, 0.4) is 0 Å². The maximum atomic E-state index is 5.45. The van der Waals surface area contributed by atoms with E-state index >= 15 is 0 Å². The summed E-state index contributed by atoms with van der Waals surface area (Å²) in [5.41, 5.74) is 2.63. The zero-order valence-electron chi connectivity index (χ0n) is 12.7. The lowest BCUT2D eigenvalue weighted by molar-refractivity contribution is 0.423. The highest BCUT2D eigenvalue weighted by Gasteiger charge is 2.16. The SMILES string of the molecule is Cc1nnc(CN[C@H](Cc2ccccc2)c2sccc2C)o1. The van der Waals surface area contributed by atoms with Crippen molar-refractivity contribution in [2.75, 3.05) is 0 Å². The number of hydrogen-bond acceptors (Lipinski definition) is 5. The van der Waals surface area contributed by atoms with Crippen LogP contribution in [0.1, 0.15) is 33.8 Å². The number of aryl methyl sites for hydroxylation is 2. The zero-order chi connectivity index (χ0) is 15.4. The molecule has 1 N–H and O–H groups in total. The molecular weight excluding hydrogens is 294 g/mol. The molecule has 3 aromatic rings. The first-order valence-electron chi connectivity index (χ1n) is 7.32. The van der Waals surface area contributed by atoms with Gasteiger partial charge in [0.15, 0.2) is 0 Å². The monoisotopic (exact) mass is 313 g/mol. The Balaban J connectivity index is 1.75. The number of thiophene rings is 1. The second kappa shape index (κ2) is 6.85. The molecule has 1 atom stereocenters. The Morgan fingerprint density at radius 1 is 1.14 bits per heavy atom. The third-order valence-electron chi connectivity index (χ3n) is 3.57. The summed E-state index contributed by atoms with van der Waals surface area (Å²) in [5.74, 6) is 1.23. The third-order valence-corrected chi connectivity index (χ3v) is 4.70. The molecule has 0 spiro atoms. The van der Waals surface area contributed by atoms with Crippen molar-refractivity contribution in [3.05, 3.63) is 69.6 Å². The minimum Gasteiger partial charge on any atom is -0.424 e. The molecule has 4 nitrogen and oxygen atoms in total. The van der Waals surface area contributed by atoms with Gasteiger partial charge in [0.25, 0.3) is 0 Å². The molecule has 2 aromatic heterocycles. The van der Waals surface area contributed by atoms with Gasteiger partial charge >= 0.3 is 0 Å². The molecule has 0 fully saturated rings. The molecule has 114 valence electrons. The van der Waals surface area contributed by atoms with Crippen molar-refractivity contribution >= 4 is 11.3 Å². The van der Waals surface area contributed by atoms with Crippen LogP contribution < -0.4 is 5.32 Å². The van der Waals surface area contributed by atoms with Gasteiger partial charge < -0.3 is 9.73 Å². The summed E-state index contributed by atoms with van der Waals surface area (Å²) in [6, 6.07) is 12.9. The first kappa shape index (κ1) is 14.9. The largest absolute Gasteiger partial charge is 0.424 e. The summed E-state index contributed by atoms with van der Waals surface area (Å²) in [6.45, 7) is 4.54. The summed E-state index contributed by atoms with van der Waals surface area (Å²) in [6.07, 6.45) is 0.940. The van der Waals surface area contributed by atoms with Gasteiger partial charge in [0.05, 0.1) is 6.54 Å². The maximum absolute atomic E-state index is 5.45. The normalized spacial score (nSPS) is 12.5. The molecule has 0 aliphatic carbocycles.